The maximum absolute atomic E-state index is 11.9. The first-order chi connectivity index (χ1) is 11.6. The van der Waals surface area contributed by atoms with Gasteiger partial charge in [-0.2, -0.15) is 0 Å². The van der Waals surface area contributed by atoms with Crippen molar-refractivity contribution in [1.29, 1.82) is 0 Å². The van der Waals surface area contributed by atoms with Gasteiger partial charge in [0.25, 0.3) is 0 Å². The van der Waals surface area contributed by atoms with Crippen molar-refractivity contribution in [1.82, 2.24) is 0 Å². The Bertz CT molecular complexity index is 492. The molecule has 0 saturated carbocycles. The summed E-state index contributed by atoms with van der Waals surface area (Å²) in [6.07, 6.45) is 7.91. The van der Waals surface area contributed by atoms with Gasteiger partial charge in [-0.25, -0.2) is 0 Å². The van der Waals surface area contributed by atoms with Gasteiger partial charge in [0.2, 0.25) is 5.91 Å². The monoisotopic (exact) mass is 336 g/mol. The number of unbranched alkanes of at least 4 members (excludes halogenated alkanes) is 5. The lowest BCUT2D eigenvalue weighted by Gasteiger charge is -2.17. The Morgan fingerprint density at radius 2 is 1.83 bits per heavy atom. The number of carbonyl (C=O) groups is 1. The maximum atomic E-state index is 11.9. The summed E-state index contributed by atoms with van der Waals surface area (Å²) in [4.78, 5) is 11.9. The quantitative estimate of drug-likeness (QED) is 0.541. The molecule has 4 N–H and O–H groups in total. The van der Waals surface area contributed by atoms with E-state index in [9.17, 15) is 4.79 Å². The molecule has 0 saturated heterocycles. The van der Waals surface area contributed by atoms with Crippen LogP contribution in [-0.2, 0) is 4.79 Å². The van der Waals surface area contributed by atoms with Crippen LogP contribution in [0.1, 0.15) is 63.4 Å². The highest BCUT2D eigenvalue weighted by atomic mass is 16.5. The van der Waals surface area contributed by atoms with Crippen LogP contribution in [0, 0.1) is 0 Å². The topological polar surface area (TPSA) is 87.6 Å². The van der Waals surface area contributed by atoms with Gasteiger partial charge in [-0.1, -0.05) is 51.5 Å². The molecule has 136 valence electrons. The minimum absolute atomic E-state index is 0.284. The molecule has 1 unspecified atom stereocenters. The molecule has 1 amide bonds. The van der Waals surface area contributed by atoms with E-state index < -0.39 is 0 Å². The fourth-order valence-corrected chi connectivity index (χ4v) is 2.79. The van der Waals surface area contributed by atoms with E-state index in [1.165, 1.54) is 25.7 Å². The number of nitrogens with two attached hydrogens (primary N) is 2. The average Bonchev–Trinajstić information content (AvgIpc) is 2.59. The number of methoxy groups -OCH3 is 1. The van der Waals surface area contributed by atoms with Gasteiger partial charge in [-0.05, 0) is 24.1 Å². The molecule has 1 atom stereocenters. The zero-order valence-electron chi connectivity index (χ0n) is 15.1. The van der Waals surface area contributed by atoms with Crippen LogP contribution < -0.4 is 20.9 Å². The van der Waals surface area contributed by atoms with Crippen molar-refractivity contribution >= 4 is 5.91 Å². The van der Waals surface area contributed by atoms with E-state index in [0.29, 0.717) is 24.7 Å². The van der Waals surface area contributed by atoms with Gasteiger partial charge in [0.05, 0.1) is 13.0 Å². The number of primary amides is 1. The van der Waals surface area contributed by atoms with Crippen LogP contribution in [0.4, 0.5) is 0 Å². The van der Waals surface area contributed by atoms with E-state index in [1.54, 1.807) is 7.11 Å². The number of carbonyl (C=O) groups excluding carboxylic acids is 1. The van der Waals surface area contributed by atoms with E-state index >= 15 is 0 Å². The first-order valence-electron chi connectivity index (χ1n) is 8.94. The van der Waals surface area contributed by atoms with Gasteiger partial charge in [-0.3, -0.25) is 4.79 Å². The summed E-state index contributed by atoms with van der Waals surface area (Å²) < 4.78 is 10.9. The lowest BCUT2D eigenvalue weighted by Crippen LogP contribution is -2.21. The maximum Gasteiger partial charge on any atom is 0.224 e. The van der Waals surface area contributed by atoms with Crippen molar-refractivity contribution in [3.05, 3.63) is 23.8 Å². The highest BCUT2D eigenvalue weighted by Gasteiger charge is 2.19. The first-order valence-corrected chi connectivity index (χ1v) is 8.94. The molecule has 24 heavy (non-hydrogen) atoms. The Morgan fingerprint density at radius 1 is 1.12 bits per heavy atom. The second-order valence-electron chi connectivity index (χ2n) is 6.06. The van der Waals surface area contributed by atoms with Gasteiger partial charge in [0, 0.05) is 6.54 Å². The third-order valence-electron chi connectivity index (χ3n) is 4.16. The Labute approximate surface area is 145 Å². The van der Waals surface area contributed by atoms with Crippen molar-refractivity contribution in [2.75, 3.05) is 20.3 Å². The van der Waals surface area contributed by atoms with Crippen LogP contribution in [0.25, 0.3) is 0 Å². The van der Waals surface area contributed by atoms with E-state index in [-0.39, 0.29) is 11.8 Å². The highest BCUT2D eigenvalue weighted by Crippen LogP contribution is 2.32. The number of amides is 1. The second kappa shape index (κ2) is 11.7. The number of hydrogen-bond donors (Lipinski definition) is 2. The van der Waals surface area contributed by atoms with Crippen LogP contribution >= 0.6 is 0 Å². The van der Waals surface area contributed by atoms with Gasteiger partial charge in [0.1, 0.15) is 6.61 Å². The smallest absolute Gasteiger partial charge is 0.224 e. The second-order valence-corrected chi connectivity index (χ2v) is 6.06. The van der Waals surface area contributed by atoms with Crippen LogP contribution in [0.15, 0.2) is 18.2 Å². The first kappa shape index (κ1) is 20.3. The van der Waals surface area contributed by atoms with Crippen LogP contribution in [-0.4, -0.2) is 26.2 Å². The molecule has 0 heterocycles. The van der Waals surface area contributed by atoms with Crippen molar-refractivity contribution in [2.45, 2.75) is 57.8 Å². The molecule has 0 aliphatic heterocycles. The largest absolute Gasteiger partial charge is 0.493 e. The Hall–Kier alpha value is -1.75. The zero-order chi connectivity index (χ0) is 17.8. The highest BCUT2D eigenvalue weighted by molar-refractivity contribution is 5.82. The predicted octanol–water partition coefficient (Wildman–Crippen LogP) is 3.35. The van der Waals surface area contributed by atoms with E-state index in [4.69, 9.17) is 20.9 Å². The van der Waals surface area contributed by atoms with Crippen molar-refractivity contribution in [3.8, 4) is 11.5 Å². The standard InChI is InChI=1S/C19H32N2O3/c1-3-4-5-6-7-8-9-16(19(21)22)15-10-11-17(24-13-12-20)18(14-15)23-2/h10-11,14,16H,3-9,12-13,20H2,1-2H3,(H2,21,22). The molecule has 0 spiro atoms. The summed E-state index contributed by atoms with van der Waals surface area (Å²) in [5, 5.41) is 0. The SMILES string of the molecule is CCCCCCCCC(C(N)=O)c1ccc(OCCN)c(OC)c1. The van der Waals surface area contributed by atoms with E-state index in [1.807, 2.05) is 18.2 Å². The molecular weight excluding hydrogens is 304 g/mol. The fraction of sp³-hybridized carbons (Fsp3) is 0.632. The van der Waals surface area contributed by atoms with Crippen molar-refractivity contribution < 1.29 is 14.3 Å². The lowest BCUT2D eigenvalue weighted by atomic mass is 9.92. The summed E-state index contributed by atoms with van der Waals surface area (Å²) in [6, 6.07) is 5.56. The summed E-state index contributed by atoms with van der Waals surface area (Å²) in [7, 11) is 1.58. The fourth-order valence-electron chi connectivity index (χ4n) is 2.79. The third-order valence-corrected chi connectivity index (χ3v) is 4.16. The van der Waals surface area contributed by atoms with Gasteiger partial charge < -0.3 is 20.9 Å². The summed E-state index contributed by atoms with van der Waals surface area (Å²) >= 11 is 0. The number of rotatable bonds is 13. The van der Waals surface area contributed by atoms with Gasteiger partial charge in [-0.15, -0.1) is 0 Å². The van der Waals surface area contributed by atoms with Crippen LogP contribution in [0.3, 0.4) is 0 Å². The number of benzene rings is 1. The molecule has 0 aliphatic rings. The minimum Gasteiger partial charge on any atom is -0.493 e. The molecule has 5 nitrogen and oxygen atoms in total. The molecule has 0 aromatic heterocycles. The predicted molar refractivity (Wildman–Crippen MR) is 97.5 cm³/mol. The molecule has 1 rings (SSSR count). The molecule has 0 fully saturated rings. The summed E-state index contributed by atoms with van der Waals surface area (Å²) in [5.41, 5.74) is 12.0. The molecule has 0 aliphatic carbocycles. The number of ether oxygens (including phenoxy) is 2. The molecule has 1 aromatic rings. The molecule has 0 radical (unpaired) electrons. The van der Waals surface area contributed by atoms with Crippen LogP contribution in [0.2, 0.25) is 0 Å². The van der Waals surface area contributed by atoms with Crippen LogP contribution in [0.5, 0.6) is 11.5 Å². The zero-order valence-corrected chi connectivity index (χ0v) is 15.1. The Morgan fingerprint density at radius 3 is 2.46 bits per heavy atom. The molecular formula is C19H32N2O3. The van der Waals surface area contributed by atoms with E-state index in [0.717, 1.165) is 24.8 Å². The summed E-state index contributed by atoms with van der Waals surface area (Å²) in [6.45, 7) is 3.07. The van der Waals surface area contributed by atoms with Crippen molar-refractivity contribution in [2.24, 2.45) is 11.5 Å². The molecule has 5 heteroatoms. The lowest BCUT2D eigenvalue weighted by molar-refractivity contribution is -0.119. The summed E-state index contributed by atoms with van der Waals surface area (Å²) in [5.74, 6) is 0.666. The average molecular weight is 336 g/mol. The van der Waals surface area contributed by atoms with Gasteiger partial charge in [0.15, 0.2) is 11.5 Å². The normalized spacial score (nSPS) is 12.0. The van der Waals surface area contributed by atoms with E-state index in [2.05, 4.69) is 6.92 Å². The Balaban J connectivity index is 2.68. The van der Waals surface area contributed by atoms with Crippen molar-refractivity contribution in [3.63, 3.8) is 0 Å². The molecule has 0 bridgehead atoms. The third kappa shape index (κ3) is 6.79. The Kier molecular flexibility index (Phi) is 9.92. The minimum atomic E-state index is -0.291. The molecule has 1 aromatic carbocycles. The van der Waals surface area contributed by atoms with Gasteiger partial charge >= 0.3 is 0 Å². The number of hydrogen-bond acceptors (Lipinski definition) is 4.